The average Bonchev–Trinajstić information content (AvgIpc) is 2.93. The zero-order valence-electron chi connectivity index (χ0n) is 21.6. The summed E-state index contributed by atoms with van der Waals surface area (Å²) >= 11 is 0. The summed E-state index contributed by atoms with van der Waals surface area (Å²) in [4.78, 5) is 27.8. The molecule has 1 aliphatic rings. The van der Waals surface area contributed by atoms with Crippen molar-refractivity contribution in [1.82, 2.24) is 10.2 Å². The molecule has 0 saturated carbocycles. The van der Waals surface area contributed by atoms with Crippen molar-refractivity contribution in [2.75, 3.05) is 13.1 Å². The van der Waals surface area contributed by atoms with E-state index >= 15 is 0 Å². The van der Waals surface area contributed by atoms with Crippen LogP contribution in [-0.4, -0.2) is 45.3 Å². The molecule has 0 aromatic heterocycles. The van der Waals surface area contributed by atoms with Crippen LogP contribution in [0.4, 0.5) is 4.39 Å². The molecule has 1 N–H and O–H groups in total. The van der Waals surface area contributed by atoms with Gasteiger partial charge >= 0.3 is 0 Å². The summed E-state index contributed by atoms with van der Waals surface area (Å²) < 4.78 is 25.9. The van der Waals surface area contributed by atoms with Gasteiger partial charge in [-0.15, -0.1) is 0 Å². The van der Waals surface area contributed by atoms with Crippen molar-refractivity contribution >= 4 is 22.6 Å². The molecule has 0 radical (unpaired) electrons. The maximum Gasteiger partial charge on any atom is 0.243 e. The molecule has 38 heavy (non-hydrogen) atoms. The molecule has 3 unspecified atom stereocenters. The van der Waals surface area contributed by atoms with E-state index in [2.05, 4.69) is 5.32 Å². The molecule has 1 saturated heterocycles. The van der Waals surface area contributed by atoms with Gasteiger partial charge in [-0.05, 0) is 48.1 Å². The number of likely N-dealkylation sites (tertiary alicyclic amines) is 1. The molecule has 0 spiro atoms. The van der Waals surface area contributed by atoms with Crippen LogP contribution in [0.15, 0.2) is 84.9 Å². The predicted octanol–water partition coefficient (Wildman–Crippen LogP) is 4.82. The van der Waals surface area contributed by atoms with Crippen LogP contribution in [0.1, 0.15) is 42.4 Å². The van der Waals surface area contributed by atoms with E-state index in [1.165, 1.54) is 12.1 Å². The lowest BCUT2D eigenvalue weighted by atomic mass is 10.00. The van der Waals surface area contributed by atoms with E-state index in [0.717, 1.165) is 48.8 Å². The highest BCUT2D eigenvalue weighted by atomic mass is 32.2. The molecule has 4 rings (SSSR count). The summed E-state index contributed by atoms with van der Waals surface area (Å²) in [5.41, 5.74) is 3.05. The van der Waals surface area contributed by atoms with Gasteiger partial charge in [0, 0.05) is 36.1 Å². The summed E-state index contributed by atoms with van der Waals surface area (Å²) in [6, 6.07) is 25.2. The minimum Gasteiger partial charge on any atom is -0.354 e. The monoisotopic (exact) mass is 534 g/mol. The summed E-state index contributed by atoms with van der Waals surface area (Å²) in [5.74, 6) is -0.259. The lowest BCUT2D eigenvalue weighted by Crippen LogP contribution is -2.65. The predicted molar refractivity (Wildman–Crippen MR) is 149 cm³/mol. The summed E-state index contributed by atoms with van der Waals surface area (Å²) in [6.07, 6.45) is 5.21. The van der Waals surface area contributed by atoms with Gasteiger partial charge in [0.1, 0.15) is 17.1 Å². The number of carbonyl (C=O) groups excluding carboxylic acids is 2. The van der Waals surface area contributed by atoms with E-state index < -0.39 is 22.1 Å². The second-order valence-electron chi connectivity index (χ2n) is 9.78. The standard InChI is InChI=1S/C31H35FN2O3S/c32-27-18-16-24(17-19-27)11-5-1-2-10-20-33-30(35)28(21-25-12-6-3-7-13-25)34-22-29(31(34)36)38(37)23-26-14-8-4-9-15-26/h3-4,6-9,12-19,28-29H,1-2,5,10-11,20-23H2,(H,33,35). The number of nitrogens with zero attached hydrogens (tertiary/aromatic N) is 1. The van der Waals surface area contributed by atoms with Gasteiger partial charge in [0.2, 0.25) is 11.8 Å². The number of carbonyl (C=O) groups is 2. The first-order chi connectivity index (χ1) is 18.5. The Morgan fingerprint density at radius 3 is 2.16 bits per heavy atom. The Balaban J connectivity index is 1.25. The first-order valence-corrected chi connectivity index (χ1v) is 14.7. The number of benzene rings is 3. The Hall–Kier alpha value is -3.32. The zero-order valence-corrected chi connectivity index (χ0v) is 22.4. The summed E-state index contributed by atoms with van der Waals surface area (Å²) in [6.45, 7) is 0.874. The second kappa shape index (κ2) is 14.0. The van der Waals surface area contributed by atoms with E-state index in [1.807, 2.05) is 72.8 Å². The van der Waals surface area contributed by atoms with Crippen LogP contribution < -0.4 is 5.32 Å². The van der Waals surface area contributed by atoms with Crippen LogP contribution in [-0.2, 0) is 39.0 Å². The lowest BCUT2D eigenvalue weighted by molar-refractivity contribution is -0.147. The minimum absolute atomic E-state index is 0.166. The summed E-state index contributed by atoms with van der Waals surface area (Å²) in [5, 5.41) is 2.45. The number of nitrogens with one attached hydrogen (secondary N) is 1. The smallest absolute Gasteiger partial charge is 0.243 e. The van der Waals surface area contributed by atoms with Gasteiger partial charge in [0.25, 0.3) is 0 Å². The molecule has 200 valence electrons. The molecule has 3 aromatic rings. The highest BCUT2D eigenvalue weighted by Crippen LogP contribution is 2.24. The molecular formula is C31H35FN2O3S. The molecular weight excluding hydrogens is 499 g/mol. The Morgan fingerprint density at radius 1 is 0.868 bits per heavy atom. The average molecular weight is 535 g/mol. The number of aryl methyl sites for hydroxylation is 1. The van der Waals surface area contributed by atoms with E-state index in [4.69, 9.17) is 0 Å². The van der Waals surface area contributed by atoms with Gasteiger partial charge in [0.15, 0.2) is 0 Å². The molecule has 0 bridgehead atoms. The zero-order chi connectivity index (χ0) is 26.7. The number of rotatable bonds is 14. The quantitative estimate of drug-likeness (QED) is 0.238. The Labute approximate surface area is 226 Å². The molecule has 3 atom stereocenters. The van der Waals surface area contributed by atoms with Gasteiger partial charge in [-0.25, -0.2) is 4.39 Å². The van der Waals surface area contributed by atoms with Crippen LogP contribution in [0.2, 0.25) is 0 Å². The van der Waals surface area contributed by atoms with E-state index in [-0.39, 0.29) is 17.6 Å². The Morgan fingerprint density at radius 2 is 1.50 bits per heavy atom. The third-order valence-corrected chi connectivity index (χ3v) is 8.55. The number of hydrogen-bond donors (Lipinski definition) is 1. The number of halogens is 1. The molecule has 7 heteroatoms. The second-order valence-corrected chi connectivity index (χ2v) is 11.4. The fourth-order valence-electron chi connectivity index (χ4n) is 4.70. The minimum atomic E-state index is -1.32. The first-order valence-electron chi connectivity index (χ1n) is 13.3. The molecule has 0 aliphatic carbocycles. The van der Waals surface area contributed by atoms with Crippen molar-refractivity contribution in [2.24, 2.45) is 0 Å². The van der Waals surface area contributed by atoms with Crippen LogP contribution in [0.5, 0.6) is 0 Å². The van der Waals surface area contributed by atoms with Gasteiger partial charge < -0.3 is 10.2 Å². The highest BCUT2D eigenvalue weighted by molar-refractivity contribution is 7.85. The summed E-state index contributed by atoms with van der Waals surface area (Å²) in [7, 11) is -1.32. The normalized spacial score (nSPS) is 16.5. The van der Waals surface area contributed by atoms with Crippen LogP contribution in [0, 0.1) is 5.82 Å². The van der Waals surface area contributed by atoms with Crippen molar-refractivity contribution in [3.05, 3.63) is 107 Å². The van der Waals surface area contributed by atoms with Crippen LogP contribution >= 0.6 is 0 Å². The fraction of sp³-hybridized carbons (Fsp3) is 0.355. The number of amides is 2. The first kappa shape index (κ1) is 27.7. The molecule has 3 aromatic carbocycles. The SMILES string of the molecule is O=C(NCCCCCCc1ccc(F)cc1)C(Cc1ccccc1)N1CC(S(=O)Cc2ccccc2)C1=O. The van der Waals surface area contributed by atoms with Crippen molar-refractivity contribution < 1.29 is 18.2 Å². The fourth-order valence-corrected chi connectivity index (χ4v) is 6.11. The Kier molecular flexibility index (Phi) is 10.2. The Bertz CT molecular complexity index is 1200. The molecule has 1 aliphatic heterocycles. The van der Waals surface area contributed by atoms with E-state index in [1.54, 1.807) is 4.90 Å². The number of β-lactam (4-membered cyclic amide) rings is 1. The van der Waals surface area contributed by atoms with Crippen molar-refractivity contribution in [3.8, 4) is 0 Å². The number of unbranched alkanes of at least 4 members (excludes halogenated alkanes) is 3. The third-order valence-electron chi connectivity index (χ3n) is 6.95. The highest BCUT2D eigenvalue weighted by Gasteiger charge is 2.46. The molecule has 1 fully saturated rings. The van der Waals surface area contributed by atoms with Crippen LogP contribution in [0.25, 0.3) is 0 Å². The number of hydrogen-bond acceptors (Lipinski definition) is 3. The van der Waals surface area contributed by atoms with E-state index in [0.29, 0.717) is 25.3 Å². The molecule has 2 amide bonds. The maximum absolute atomic E-state index is 13.2. The van der Waals surface area contributed by atoms with Gasteiger partial charge in [-0.1, -0.05) is 85.6 Å². The van der Waals surface area contributed by atoms with Gasteiger partial charge in [-0.2, -0.15) is 0 Å². The lowest BCUT2D eigenvalue weighted by Gasteiger charge is -2.42. The molecule has 5 nitrogen and oxygen atoms in total. The third kappa shape index (κ3) is 7.84. The molecule has 1 heterocycles. The van der Waals surface area contributed by atoms with Crippen LogP contribution in [0.3, 0.4) is 0 Å². The van der Waals surface area contributed by atoms with Crippen molar-refractivity contribution in [2.45, 2.75) is 55.6 Å². The van der Waals surface area contributed by atoms with Gasteiger partial charge in [-0.3, -0.25) is 13.8 Å². The topological polar surface area (TPSA) is 66.5 Å². The van der Waals surface area contributed by atoms with Crippen molar-refractivity contribution in [1.29, 1.82) is 0 Å². The van der Waals surface area contributed by atoms with E-state index in [9.17, 15) is 18.2 Å². The largest absolute Gasteiger partial charge is 0.354 e. The maximum atomic E-state index is 13.2. The van der Waals surface area contributed by atoms with Gasteiger partial charge in [0.05, 0.1) is 0 Å². The van der Waals surface area contributed by atoms with Crippen molar-refractivity contribution in [3.63, 3.8) is 0 Å².